The molecule has 0 unspecified atom stereocenters. The quantitative estimate of drug-likeness (QED) is 0.131. The van der Waals surface area contributed by atoms with Gasteiger partial charge < -0.3 is 21.4 Å². The van der Waals surface area contributed by atoms with E-state index in [1.54, 1.807) is 0 Å². The number of nitrogens with two attached hydrogens (primary N) is 1. The maximum Gasteiger partial charge on any atom is 0.311 e. The van der Waals surface area contributed by atoms with Gasteiger partial charge >= 0.3 is 5.69 Å². The lowest BCUT2D eigenvalue weighted by atomic mass is 10.1. The van der Waals surface area contributed by atoms with E-state index in [1.807, 2.05) is 0 Å². The largest absolute Gasteiger partial charge is 0.378 e. The van der Waals surface area contributed by atoms with Gasteiger partial charge in [0.25, 0.3) is 0 Å². The number of benzene rings is 1. The number of hydrogen-bond acceptors (Lipinski definition) is 9. The molecule has 34 heavy (non-hydrogen) atoms. The van der Waals surface area contributed by atoms with E-state index >= 15 is 0 Å². The zero-order valence-corrected chi connectivity index (χ0v) is 17.2. The Morgan fingerprint density at radius 3 is 2.47 bits per heavy atom. The van der Waals surface area contributed by atoms with Gasteiger partial charge in [-0.25, -0.2) is 33.1 Å². The molecular formula is C20H16F3N9O2. The SMILES string of the molecule is Nc1nc(NCCNc2ncc(-c3ncc[nH]3)c(-c3cc(F)c(F)cc3F)n2)ccc1[N+](=O)[O-]. The number of nitro groups is 1. The van der Waals surface area contributed by atoms with Crippen LogP contribution >= 0.6 is 0 Å². The van der Waals surface area contributed by atoms with Gasteiger partial charge in [-0.1, -0.05) is 0 Å². The number of nitrogens with zero attached hydrogens (tertiary/aromatic N) is 5. The molecule has 0 radical (unpaired) electrons. The highest BCUT2D eigenvalue weighted by molar-refractivity contribution is 5.78. The Morgan fingerprint density at radius 2 is 1.76 bits per heavy atom. The van der Waals surface area contributed by atoms with E-state index in [0.29, 0.717) is 24.3 Å². The molecule has 174 valence electrons. The normalized spacial score (nSPS) is 10.8. The zero-order valence-electron chi connectivity index (χ0n) is 17.2. The van der Waals surface area contributed by atoms with E-state index in [0.717, 1.165) is 6.07 Å². The highest BCUT2D eigenvalue weighted by Gasteiger charge is 2.19. The fraction of sp³-hybridized carbons (Fsp3) is 0.100. The molecule has 11 nitrogen and oxygen atoms in total. The molecule has 0 saturated heterocycles. The maximum absolute atomic E-state index is 14.5. The van der Waals surface area contributed by atoms with Crippen LogP contribution in [0, 0.1) is 27.6 Å². The summed E-state index contributed by atoms with van der Waals surface area (Å²) >= 11 is 0. The third-order valence-corrected chi connectivity index (χ3v) is 4.62. The summed E-state index contributed by atoms with van der Waals surface area (Å²) in [6.45, 7) is 0.556. The first-order chi connectivity index (χ1) is 16.3. The average molecular weight is 471 g/mol. The molecule has 0 spiro atoms. The molecule has 4 aromatic rings. The van der Waals surface area contributed by atoms with Crippen molar-refractivity contribution in [1.82, 2.24) is 24.9 Å². The number of anilines is 3. The van der Waals surface area contributed by atoms with Gasteiger partial charge in [-0.05, 0) is 12.1 Å². The van der Waals surface area contributed by atoms with Crippen LogP contribution in [0.15, 0.2) is 42.9 Å². The van der Waals surface area contributed by atoms with Crippen LogP contribution in [-0.4, -0.2) is 42.9 Å². The number of rotatable bonds is 8. The maximum atomic E-state index is 14.5. The van der Waals surface area contributed by atoms with Crippen molar-refractivity contribution in [2.75, 3.05) is 29.5 Å². The van der Waals surface area contributed by atoms with Gasteiger partial charge in [0.1, 0.15) is 17.5 Å². The number of imidazole rings is 1. The van der Waals surface area contributed by atoms with Crippen LogP contribution in [0.1, 0.15) is 0 Å². The van der Waals surface area contributed by atoms with Gasteiger partial charge in [-0.15, -0.1) is 0 Å². The fourth-order valence-corrected chi connectivity index (χ4v) is 3.05. The summed E-state index contributed by atoms with van der Waals surface area (Å²) in [6.07, 6.45) is 4.38. The smallest absolute Gasteiger partial charge is 0.311 e. The topological polar surface area (TPSA) is 161 Å². The molecule has 5 N–H and O–H groups in total. The van der Waals surface area contributed by atoms with E-state index < -0.39 is 22.4 Å². The molecule has 0 saturated carbocycles. The first-order valence-electron chi connectivity index (χ1n) is 9.74. The van der Waals surface area contributed by atoms with E-state index in [-0.39, 0.29) is 40.8 Å². The van der Waals surface area contributed by atoms with Gasteiger partial charge in [-0.3, -0.25) is 10.1 Å². The third kappa shape index (κ3) is 4.69. The Morgan fingerprint density at radius 1 is 1.00 bits per heavy atom. The molecule has 0 aliphatic heterocycles. The van der Waals surface area contributed by atoms with Crippen LogP contribution in [0.3, 0.4) is 0 Å². The zero-order chi connectivity index (χ0) is 24.2. The number of hydrogen-bond donors (Lipinski definition) is 4. The molecule has 4 rings (SSSR count). The number of nitrogens with one attached hydrogen (secondary N) is 3. The second-order valence-electron chi connectivity index (χ2n) is 6.85. The lowest BCUT2D eigenvalue weighted by molar-refractivity contribution is -0.384. The van der Waals surface area contributed by atoms with Gasteiger partial charge in [0, 0.05) is 49.4 Å². The predicted molar refractivity (Wildman–Crippen MR) is 117 cm³/mol. The number of halogens is 3. The van der Waals surface area contributed by atoms with Crippen LogP contribution in [0.2, 0.25) is 0 Å². The minimum absolute atomic E-state index is 0.00150. The fourth-order valence-electron chi connectivity index (χ4n) is 3.05. The van der Waals surface area contributed by atoms with Crippen LogP contribution in [0.25, 0.3) is 22.6 Å². The second-order valence-corrected chi connectivity index (χ2v) is 6.85. The Bertz CT molecular complexity index is 1350. The standard InChI is InChI=1S/C20H16F3N9O2/c21-12-8-14(23)13(22)7-10(12)17-11(19-26-4-5-27-19)9-29-20(31-17)28-6-3-25-16-2-1-15(32(33)34)18(24)30-16/h1-2,4-5,7-9H,3,6H2,(H,26,27)(H3,24,25,30)(H,28,29,31). The van der Waals surface area contributed by atoms with Crippen molar-refractivity contribution < 1.29 is 18.1 Å². The molecule has 0 aliphatic carbocycles. The molecule has 3 heterocycles. The molecule has 0 atom stereocenters. The van der Waals surface area contributed by atoms with E-state index in [1.165, 1.54) is 30.7 Å². The number of pyridine rings is 1. The summed E-state index contributed by atoms with van der Waals surface area (Å²) in [4.78, 5) is 29.5. The van der Waals surface area contributed by atoms with Crippen molar-refractivity contribution in [3.8, 4) is 22.6 Å². The molecule has 0 fully saturated rings. The average Bonchev–Trinajstić information content (AvgIpc) is 3.34. The summed E-state index contributed by atoms with van der Waals surface area (Å²) in [5.41, 5.74) is 5.28. The van der Waals surface area contributed by atoms with Crippen molar-refractivity contribution in [2.24, 2.45) is 0 Å². The first kappa shape index (κ1) is 22.4. The van der Waals surface area contributed by atoms with Gasteiger partial charge in [0.05, 0.1) is 16.2 Å². The third-order valence-electron chi connectivity index (χ3n) is 4.62. The summed E-state index contributed by atoms with van der Waals surface area (Å²) in [5.74, 6) is -3.04. The number of aromatic amines is 1. The summed E-state index contributed by atoms with van der Waals surface area (Å²) in [7, 11) is 0. The number of H-pyrrole nitrogens is 1. The van der Waals surface area contributed by atoms with E-state index in [4.69, 9.17) is 5.73 Å². The molecule has 1 aromatic carbocycles. The van der Waals surface area contributed by atoms with Crippen LogP contribution < -0.4 is 16.4 Å². The van der Waals surface area contributed by atoms with Crippen molar-refractivity contribution >= 4 is 23.3 Å². The number of nitrogen functional groups attached to an aromatic ring is 1. The van der Waals surface area contributed by atoms with Crippen LogP contribution in [-0.2, 0) is 0 Å². The lowest BCUT2D eigenvalue weighted by Crippen LogP contribution is -2.16. The molecule has 0 amide bonds. The Hall–Kier alpha value is -4.75. The number of aromatic nitrogens is 5. The summed E-state index contributed by atoms with van der Waals surface area (Å²) in [6, 6.07) is 3.80. The summed E-state index contributed by atoms with van der Waals surface area (Å²) < 4.78 is 41.8. The predicted octanol–water partition coefficient (Wildman–Crippen LogP) is 3.36. The molecule has 14 heteroatoms. The van der Waals surface area contributed by atoms with E-state index in [2.05, 4.69) is 35.6 Å². The minimum atomic E-state index is -1.32. The van der Waals surface area contributed by atoms with Crippen LogP contribution in [0.5, 0.6) is 0 Å². The van der Waals surface area contributed by atoms with Crippen molar-refractivity contribution in [1.29, 1.82) is 0 Å². The molecule has 3 aromatic heterocycles. The summed E-state index contributed by atoms with van der Waals surface area (Å²) in [5, 5.41) is 16.6. The Balaban J connectivity index is 1.52. The molecule has 0 bridgehead atoms. The van der Waals surface area contributed by atoms with Crippen molar-refractivity contribution in [2.45, 2.75) is 0 Å². The van der Waals surface area contributed by atoms with E-state index in [9.17, 15) is 23.3 Å². The Kier molecular flexibility index (Phi) is 6.20. The molecular weight excluding hydrogens is 455 g/mol. The van der Waals surface area contributed by atoms with Crippen LogP contribution in [0.4, 0.5) is 36.4 Å². The van der Waals surface area contributed by atoms with Gasteiger partial charge in [0.2, 0.25) is 11.8 Å². The minimum Gasteiger partial charge on any atom is -0.378 e. The van der Waals surface area contributed by atoms with Gasteiger partial charge in [0.15, 0.2) is 11.6 Å². The molecule has 0 aliphatic rings. The van der Waals surface area contributed by atoms with Crippen molar-refractivity contribution in [3.05, 3.63) is 70.4 Å². The van der Waals surface area contributed by atoms with Gasteiger partial charge in [-0.2, -0.15) is 0 Å². The highest BCUT2D eigenvalue weighted by atomic mass is 19.2. The first-order valence-corrected chi connectivity index (χ1v) is 9.74. The van der Waals surface area contributed by atoms with Crippen molar-refractivity contribution in [3.63, 3.8) is 0 Å². The Labute approximate surface area is 189 Å². The second kappa shape index (κ2) is 9.40. The lowest BCUT2D eigenvalue weighted by Gasteiger charge is -2.12. The monoisotopic (exact) mass is 471 g/mol. The highest BCUT2D eigenvalue weighted by Crippen LogP contribution is 2.31.